The Hall–Kier alpha value is -1.73. The van der Waals surface area contributed by atoms with Crippen molar-refractivity contribution in [1.29, 1.82) is 0 Å². The number of piperazine rings is 1. The second-order valence-electron chi connectivity index (χ2n) is 6.32. The molecular weight excluding hydrogens is 294 g/mol. The van der Waals surface area contributed by atoms with Crippen molar-refractivity contribution in [3.8, 4) is 0 Å². The topological polar surface area (TPSA) is 61.8 Å². The van der Waals surface area contributed by atoms with Gasteiger partial charge in [0.2, 0.25) is 5.91 Å². The third kappa shape index (κ3) is 3.45. The van der Waals surface area contributed by atoms with Crippen molar-refractivity contribution in [3.05, 3.63) is 18.1 Å². The molecule has 1 aromatic rings. The standard InChI is InChI=1S/C16H25N5O2/c1-12-17-5-4-15(18-12)20-6-8-21(9-7-20)16(22)14-10-13(23-3)11-19(14)2/h4-5,13-14H,6-11H2,1-3H3/t13-,14-/m0/s1. The van der Waals surface area contributed by atoms with E-state index in [0.717, 1.165) is 50.8 Å². The Bertz CT molecular complexity index is 559. The molecule has 2 saturated heterocycles. The zero-order chi connectivity index (χ0) is 16.4. The molecule has 0 radical (unpaired) electrons. The number of anilines is 1. The molecule has 7 heteroatoms. The zero-order valence-corrected chi connectivity index (χ0v) is 14.1. The van der Waals surface area contributed by atoms with Gasteiger partial charge in [-0.25, -0.2) is 9.97 Å². The SMILES string of the molecule is CO[C@H]1C[C@@H](C(=O)N2CCN(c3ccnc(C)n3)CC2)N(C)C1. The molecule has 0 aliphatic carbocycles. The number of rotatable bonds is 3. The average Bonchev–Trinajstić information content (AvgIpc) is 2.95. The number of likely N-dealkylation sites (N-methyl/N-ethyl adjacent to an activating group) is 1. The quantitative estimate of drug-likeness (QED) is 0.790. The van der Waals surface area contributed by atoms with Crippen LogP contribution in [0.2, 0.25) is 0 Å². The molecule has 1 amide bonds. The molecule has 0 unspecified atom stereocenters. The van der Waals surface area contributed by atoms with E-state index in [-0.39, 0.29) is 18.1 Å². The number of ether oxygens (including phenoxy) is 1. The molecule has 0 bridgehead atoms. The first kappa shape index (κ1) is 16.1. The van der Waals surface area contributed by atoms with Gasteiger partial charge in [0, 0.05) is 46.0 Å². The molecule has 2 atom stereocenters. The van der Waals surface area contributed by atoms with Gasteiger partial charge in [0.1, 0.15) is 11.6 Å². The Balaban J connectivity index is 1.57. The van der Waals surface area contributed by atoms with Gasteiger partial charge in [-0.2, -0.15) is 0 Å². The van der Waals surface area contributed by atoms with E-state index in [0.29, 0.717) is 0 Å². The number of carbonyl (C=O) groups is 1. The van der Waals surface area contributed by atoms with Crippen molar-refractivity contribution < 1.29 is 9.53 Å². The van der Waals surface area contributed by atoms with Crippen molar-refractivity contribution >= 4 is 11.7 Å². The Morgan fingerprint density at radius 3 is 2.65 bits per heavy atom. The number of carbonyl (C=O) groups excluding carboxylic acids is 1. The maximum absolute atomic E-state index is 12.8. The highest BCUT2D eigenvalue weighted by molar-refractivity contribution is 5.82. The van der Waals surface area contributed by atoms with E-state index >= 15 is 0 Å². The van der Waals surface area contributed by atoms with Gasteiger partial charge in [0.25, 0.3) is 0 Å². The third-order valence-corrected chi connectivity index (χ3v) is 4.80. The number of methoxy groups -OCH3 is 1. The number of nitrogens with zero attached hydrogens (tertiary/aromatic N) is 5. The minimum Gasteiger partial charge on any atom is -0.380 e. The van der Waals surface area contributed by atoms with Crippen molar-refractivity contribution in [3.63, 3.8) is 0 Å². The summed E-state index contributed by atoms with van der Waals surface area (Å²) in [5.41, 5.74) is 0. The van der Waals surface area contributed by atoms with Gasteiger partial charge in [0.15, 0.2) is 0 Å². The lowest BCUT2D eigenvalue weighted by Gasteiger charge is -2.37. The lowest BCUT2D eigenvalue weighted by Crippen LogP contribution is -2.53. The summed E-state index contributed by atoms with van der Waals surface area (Å²) in [6, 6.07) is 1.88. The van der Waals surface area contributed by atoms with Crippen molar-refractivity contribution in [1.82, 2.24) is 19.8 Å². The fraction of sp³-hybridized carbons (Fsp3) is 0.688. The highest BCUT2D eigenvalue weighted by Crippen LogP contribution is 2.21. The fourth-order valence-corrected chi connectivity index (χ4v) is 3.40. The number of amides is 1. The van der Waals surface area contributed by atoms with Crippen LogP contribution in [0.4, 0.5) is 5.82 Å². The van der Waals surface area contributed by atoms with Crippen LogP contribution in [0.25, 0.3) is 0 Å². The second kappa shape index (κ2) is 6.80. The Kier molecular flexibility index (Phi) is 4.77. The number of likely N-dealkylation sites (tertiary alicyclic amines) is 1. The molecule has 1 aromatic heterocycles. The first-order valence-electron chi connectivity index (χ1n) is 8.15. The van der Waals surface area contributed by atoms with E-state index in [9.17, 15) is 4.79 Å². The number of hydrogen-bond acceptors (Lipinski definition) is 6. The van der Waals surface area contributed by atoms with Gasteiger partial charge >= 0.3 is 0 Å². The smallest absolute Gasteiger partial charge is 0.240 e. The van der Waals surface area contributed by atoms with Crippen LogP contribution in [0.1, 0.15) is 12.2 Å². The van der Waals surface area contributed by atoms with Crippen molar-refractivity contribution in [2.24, 2.45) is 0 Å². The predicted molar refractivity (Wildman–Crippen MR) is 87.4 cm³/mol. The summed E-state index contributed by atoms with van der Waals surface area (Å²) in [5.74, 6) is 1.95. The van der Waals surface area contributed by atoms with Crippen LogP contribution in [-0.2, 0) is 9.53 Å². The molecule has 3 rings (SSSR count). The Labute approximate surface area is 137 Å². The fourth-order valence-electron chi connectivity index (χ4n) is 3.40. The number of hydrogen-bond donors (Lipinski definition) is 0. The normalized spacial score (nSPS) is 25.9. The predicted octanol–water partition coefficient (Wildman–Crippen LogP) is 0.153. The molecule has 3 heterocycles. The van der Waals surface area contributed by atoms with E-state index in [1.54, 1.807) is 13.3 Å². The van der Waals surface area contributed by atoms with E-state index < -0.39 is 0 Å². The van der Waals surface area contributed by atoms with Crippen LogP contribution in [0.5, 0.6) is 0 Å². The van der Waals surface area contributed by atoms with E-state index in [2.05, 4.69) is 19.8 Å². The monoisotopic (exact) mass is 319 g/mol. The molecule has 0 N–H and O–H groups in total. The average molecular weight is 319 g/mol. The van der Waals surface area contributed by atoms with Crippen molar-refractivity contribution in [2.45, 2.75) is 25.5 Å². The van der Waals surface area contributed by atoms with Crippen LogP contribution in [-0.4, -0.2) is 84.7 Å². The third-order valence-electron chi connectivity index (χ3n) is 4.80. The van der Waals surface area contributed by atoms with Crippen molar-refractivity contribution in [2.75, 3.05) is 51.8 Å². The van der Waals surface area contributed by atoms with Gasteiger partial charge in [-0.15, -0.1) is 0 Å². The summed E-state index contributed by atoms with van der Waals surface area (Å²) in [7, 11) is 3.72. The van der Waals surface area contributed by atoms with Gasteiger partial charge in [-0.05, 0) is 26.5 Å². The molecule has 126 valence electrons. The highest BCUT2D eigenvalue weighted by Gasteiger charge is 2.37. The zero-order valence-electron chi connectivity index (χ0n) is 14.1. The molecule has 2 aliphatic heterocycles. The minimum atomic E-state index is -0.0483. The molecular formula is C16H25N5O2. The second-order valence-corrected chi connectivity index (χ2v) is 6.32. The maximum Gasteiger partial charge on any atom is 0.240 e. The molecule has 0 aromatic carbocycles. The first-order chi connectivity index (χ1) is 11.1. The highest BCUT2D eigenvalue weighted by atomic mass is 16.5. The van der Waals surface area contributed by atoms with Crippen LogP contribution in [0.3, 0.4) is 0 Å². The van der Waals surface area contributed by atoms with Gasteiger partial charge in [-0.3, -0.25) is 9.69 Å². The molecule has 0 saturated carbocycles. The molecule has 2 fully saturated rings. The van der Waals surface area contributed by atoms with Gasteiger partial charge < -0.3 is 14.5 Å². The summed E-state index contributed by atoms with van der Waals surface area (Å²) in [4.78, 5) is 27.7. The lowest BCUT2D eigenvalue weighted by atomic mass is 10.1. The van der Waals surface area contributed by atoms with E-state index in [1.807, 2.05) is 24.9 Å². The largest absolute Gasteiger partial charge is 0.380 e. The maximum atomic E-state index is 12.8. The first-order valence-corrected chi connectivity index (χ1v) is 8.15. The van der Waals surface area contributed by atoms with E-state index in [4.69, 9.17) is 4.74 Å². The molecule has 2 aliphatic rings. The van der Waals surface area contributed by atoms with Gasteiger partial charge in [0.05, 0.1) is 12.1 Å². The van der Waals surface area contributed by atoms with Crippen LogP contribution in [0.15, 0.2) is 12.3 Å². The summed E-state index contributed by atoms with van der Waals surface area (Å²) in [6.45, 7) is 5.82. The van der Waals surface area contributed by atoms with Gasteiger partial charge in [-0.1, -0.05) is 0 Å². The number of aromatic nitrogens is 2. The summed E-state index contributed by atoms with van der Waals surface area (Å²) >= 11 is 0. The summed E-state index contributed by atoms with van der Waals surface area (Å²) in [5, 5.41) is 0. The summed E-state index contributed by atoms with van der Waals surface area (Å²) < 4.78 is 5.40. The molecule has 23 heavy (non-hydrogen) atoms. The van der Waals surface area contributed by atoms with Crippen LogP contribution in [0, 0.1) is 6.92 Å². The van der Waals surface area contributed by atoms with E-state index in [1.165, 1.54) is 0 Å². The number of aryl methyl sites for hydroxylation is 1. The summed E-state index contributed by atoms with van der Waals surface area (Å²) in [6.07, 6.45) is 2.74. The molecule has 7 nitrogen and oxygen atoms in total. The molecule has 0 spiro atoms. The minimum absolute atomic E-state index is 0.0483. The Morgan fingerprint density at radius 1 is 1.30 bits per heavy atom. The van der Waals surface area contributed by atoms with Crippen LogP contribution >= 0.6 is 0 Å². The lowest BCUT2D eigenvalue weighted by molar-refractivity contribution is -0.135. The Morgan fingerprint density at radius 2 is 2.04 bits per heavy atom. The van der Waals surface area contributed by atoms with Crippen LogP contribution < -0.4 is 4.90 Å².